The predicted molar refractivity (Wildman–Crippen MR) is 104 cm³/mol. The summed E-state index contributed by atoms with van der Waals surface area (Å²) < 4.78 is 0. The molecule has 27 heavy (non-hydrogen) atoms. The summed E-state index contributed by atoms with van der Waals surface area (Å²) in [6.07, 6.45) is 6.68. The summed E-state index contributed by atoms with van der Waals surface area (Å²) in [5.74, 6) is 1.36. The molecule has 2 aromatic heterocycles. The SMILES string of the molecule is Cc1cnc(-c2cccc(C(=O)N(C)Cc3cnccn3)c2)nc1N(C)C. The van der Waals surface area contributed by atoms with Crippen molar-refractivity contribution in [2.75, 3.05) is 26.0 Å². The lowest BCUT2D eigenvalue weighted by Crippen LogP contribution is -2.26. The molecule has 2 heterocycles. The van der Waals surface area contributed by atoms with Crippen LogP contribution in [0.15, 0.2) is 49.1 Å². The molecule has 0 aliphatic carbocycles. The second kappa shape index (κ2) is 7.90. The maximum absolute atomic E-state index is 12.8. The van der Waals surface area contributed by atoms with Gasteiger partial charge in [0, 0.05) is 56.4 Å². The maximum atomic E-state index is 12.8. The lowest BCUT2D eigenvalue weighted by atomic mass is 10.1. The molecular formula is C20H22N6O. The van der Waals surface area contributed by atoms with Crippen LogP contribution in [0, 0.1) is 6.92 Å². The monoisotopic (exact) mass is 362 g/mol. The van der Waals surface area contributed by atoms with Crippen molar-refractivity contribution in [2.45, 2.75) is 13.5 Å². The lowest BCUT2D eigenvalue weighted by Gasteiger charge is -2.17. The fraction of sp³-hybridized carbons (Fsp3) is 0.250. The van der Waals surface area contributed by atoms with Crippen molar-refractivity contribution in [3.05, 3.63) is 65.9 Å². The highest BCUT2D eigenvalue weighted by molar-refractivity contribution is 5.95. The number of benzene rings is 1. The van der Waals surface area contributed by atoms with E-state index in [9.17, 15) is 4.79 Å². The van der Waals surface area contributed by atoms with E-state index in [0.29, 0.717) is 17.9 Å². The highest BCUT2D eigenvalue weighted by Gasteiger charge is 2.15. The molecule has 0 atom stereocenters. The molecule has 3 rings (SSSR count). The molecule has 0 fully saturated rings. The minimum Gasteiger partial charge on any atom is -0.362 e. The number of rotatable bonds is 5. The molecule has 0 saturated heterocycles. The molecule has 0 aliphatic heterocycles. The molecule has 138 valence electrons. The van der Waals surface area contributed by atoms with Gasteiger partial charge in [0.15, 0.2) is 5.82 Å². The Morgan fingerprint density at radius 1 is 1.07 bits per heavy atom. The first-order valence-corrected chi connectivity index (χ1v) is 8.57. The minimum absolute atomic E-state index is 0.0950. The van der Waals surface area contributed by atoms with Crippen molar-refractivity contribution >= 4 is 11.7 Å². The Kier molecular flexibility index (Phi) is 5.40. The quantitative estimate of drug-likeness (QED) is 0.694. The van der Waals surface area contributed by atoms with E-state index in [1.165, 1.54) is 0 Å². The van der Waals surface area contributed by atoms with Gasteiger partial charge in [0.05, 0.1) is 18.4 Å². The number of hydrogen-bond donors (Lipinski definition) is 0. The van der Waals surface area contributed by atoms with Gasteiger partial charge in [-0.15, -0.1) is 0 Å². The molecule has 7 heteroatoms. The van der Waals surface area contributed by atoms with Crippen LogP contribution < -0.4 is 4.90 Å². The zero-order chi connectivity index (χ0) is 19.4. The molecule has 0 N–H and O–H groups in total. The van der Waals surface area contributed by atoms with Crippen LogP contribution in [0.25, 0.3) is 11.4 Å². The predicted octanol–water partition coefficient (Wildman–Crippen LogP) is 2.58. The first-order valence-electron chi connectivity index (χ1n) is 8.57. The Labute approximate surface area is 158 Å². The maximum Gasteiger partial charge on any atom is 0.253 e. The number of carbonyl (C=O) groups excluding carboxylic acids is 1. The number of carbonyl (C=O) groups is 1. The van der Waals surface area contributed by atoms with Crippen molar-refractivity contribution in [1.82, 2.24) is 24.8 Å². The van der Waals surface area contributed by atoms with Gasteiger partial charge in [-0.25, -0.2) is 9.97 Å². The minimum atomic E-state index is -0.0950. The van der Waals surface area contributed by atoms with Crippen LogP contribution >= 0.6 is 0 Å². The Hall–Kier alpha value is -3.35. The molecule has 7 nitrogen and oxygen atoms in total. The summed E-state index contributed by atoms with van der Waals surface area (Å²) in [5, 5.41) is 0. The molecular weight excluding hydrogens is 340 g/mol. The van der Waals surface area contributed by atoms with Gasteiger partial charge in [-0.05, 0) is 19.1 Å². The fourth-order valence-corrected chi connectivity index (χ4v) is 2.76. The summed E-state index contributed by atoms with van der Waals surface area (Å²) in [6, 6.07) is 7.36. The van der Waals surface area contributed by atoms with Crippen molar-refractivity contribution in [1.29, 1.82) is 0 Å². The molecule has 1 aromatic carbocycles. The summed E-state index contributed by atoms with van der Waals surface area (Å²) in [4.78, 5) is 33.7. The zero-order valence-corrected chi connectivity index (χ0v) is 15.9. The Bertz CT molecular complexity index is 942. The van der Waals surface area contributed by atoms with Gasteiger partial charge in [-0.3, -0.25) is 14.8 Å². The summed E-state index contributed by atoms with van der Waals surface area (Å²) in [6.45, 7) is 2.36. The van der Waals surface area contributed by atoms with E-state index in [1.807, 2.05) is 44.1 Å². The number of hydrogen-bond acceptors (Lipinski definition) is 6. The van der Waals surface area contributed by atoms with E-state index in [2.05, 4.69) is 19.9 Å². The van der Waals surface area contributed by atoms with E-state index < -0.39 is 0 Å². The van der Waals surface area contributed by atoms with Crippen LogP contribution in [-0.2, 0) is 6.54 Å². The van der Waals surface area contributed by atoms with Crippen molar-refractivity contribution in [3.8, 4) is 11.4 Å². The summed E-state index contributed by atoms with van der Waals surface area (Å²) in [5.41, 5.74) is 3.12. The van der Waals surface area contributed by atoms with E-state index in [0.717, 1.165) is 22.6 Å². The van der Waals surface area contributed by atoms with Crippen LogP contribution in [0.4, 0.5) is 5.82 Å². The van der Waals surface area contributed by atoms with E-state index in [1.54, 1.807) is 42.8 Å². The third kappa shape index (κ3) is 4.25. The van der Waals surface area contributed by atoms with E-state index >= 15 is 0 Å². The Morgan fingerprint density at radius 3 is 2.59 bits per heavy atom. The second-order valence-corrected chi connectivity index (χ2v) is 6.53. The lowest BCUT2D eigenvalue weighted by molar-refractivity contribution is 0.0783. The standard InChI is InChI=1S/C20H22N6O/c1-14-11-23-18(24-19(14)25(2)3)15-6-5-7-16(10-15)20(27)26(4)13-17-12-21-8-9-22-17/h5-12H,13H2,1-4H3. The van der Waals surface area contributed by atoms with E-state index in [4.69, 9.17) is 0 Å². The van der Waals surface area contributed by atoms with Crippen molar-refractivity contribution < 1.29 is 4.79 Å². The Morgan fingerprint density at radius 2 is 1.89 bits per heavy atom. The first kappa shape index (κ1) is 18.4. The summed E-state index contributed by atoms with van der Waals surface area (Å²) in [7, 11) is 5.64. The number of anilines is 1. The average Bonchev–Trinajstić information content (AvgIpc) is 2.68. The van der Waals surface area contributed by atoms with Gasteiger partial charge in [-0.1, -0.05) is 12.1 Å². The van der Waals surface area contributed by atoms with Crippen LogP contribution in [0.3, 0.4) is 0 Å². The number of aromatic nitrogens is 4. The molecule has 0 saturated carbocycles. The molecule has 0 bridgehead atoms. The Balaban J connectivity index is 1.85. The van der Waals surface area contributed by atoms with Crippen LogP contribution in [0.5, 0.6) is 0 Å². The second-order valence-electron chi connectivity index (χ2n) is 6.53. The van der Waals surface area contributed by atoms with Gasteiger partial charge in [0.1, 0.15) is 5.82 Å². The average molecular weight is 362 g/mol. The van der Waals surface area contributed by atoms with Crippen LogP contribution in [-0.4, -0.2) is 51.9 Å². The third-order valence-electron chi connectivity index (χ3n) is 4.10. The highest BCUT2D eigenvalue weighted by atomic mass is 16.2. The van der Waals surface area contributed by atoms with Gasteiger partial charge in [0.25, 0.3) is 5.91 Å². The number of aryl methyl sites for hydroxylation is 1. The smallest absolute Gasteiger partial charge is 0.253 e. The fourth-order valence-electron chi connectivity index (χ4n) is 2.76. The van der Waals surface area contributed by atoms with Crippen molar-refractivity contribution in [2.24, 2.45) is 0 Å². The van der Waals surface area contributed by atoms with Crippen LogP contribution in [0.1, 0.15) is 21.6 Å². The number of amides is 1. The van der Waals surface area contributed by atoms with Gasteiger partial charge in [0.2, 0.25) is 0 Å². The summed E-state index contributed by atoms with van der Waals surface area (Å²) >= 11 is 0. The first-order chi connectivity index (χ1) is 13.0. The molecule has 3 aromatic rings. The highest BCUT2D eigenvalue weighted by Crippen LogP contribution is 2.22. The molecule has 0 aliphatic rings. The molecule has 0 spiro atoms. The van der Waals surface area contributed by atoms with Gasteiger partial charge < -0.3 is 9.80 Å². The molecule has 0 unspecified atom stereocenters. The van der Waals surface area contributed by atoms with Gasteiger partial charge in [-0.2, -0.15) is 0 Å². The molecule has 0 radical (unpaired) electrons. The third-order valence-corrected chi connectivity index (χ3v) is 4.10. The van der Waals surface area contributed by atoms with Gasteiger partial charge >= 0.3 is 0 Å². The number of nitrogens with zero attached hydrogens (tertiary/aromatic N) is 6. The topological polar surface area (TPSA) is 75.1 Å². The largest absolute Gasteiger partial charge is 0.362 e. The zero-order valence-electron chi connectivity index (χ0n) is 15.9. The van der Waals surface area contributed by atoms with Crippen molar-refractivity contribution in [3.63, 3.8) is 0 Å². The van der Waals surface area contributed by atoms with E-state index in [-0.39, 0.29) is 5.91 Å². The molecule has 1 amide bonds. The van der Waals surface area contributed by atoms with Crippen LogP contribution in [0.2, 0.25) is 0 Å². The normalized spacial score (nSPS) is 10.5.